The molecule has 0 fully saturated rings. The van der Waals surface area contributed by atoms with Gasteiger partial charge in [0, 0.05) is 11.3 Å². The molecule has 0 saturated carbocycles. The molecule has 1 N–H and O–H groups in total. The van der Waals surface area contributed by atoms with Gasteiger partial charge in [0.2, 0.25) is 15.7 Å². The first kappa shape index (κ1) is 23.5. The van der Waals surface area contributed by atoms with Gasteiger partial charge in [-0.05, 0) is 43.7 Å². The Kier molecular flexibility index (Phi) is 6.15. The summed E-state index contributed by atoms with van der Waals surface area (Å²) in [5.41, 5.74) is 3.24. The van der Waals surface area contributed by atoms with Crippen molar-refractivity contribution >= 4 is 32.3 Å². The second-order valence-corrected chi connectivity index (χ2v) is 10.5. The van der Waals surface area contributed by atoms with Crippen LogP contribution in [0.3, 0.4) is 0 Å². The molecule has 1 aliphatic rings. The fraction of sp³-hybridized carbons (Fsp3) is 0.148. The van der Waals surface area contributed by atoms with Crippen LogP contribution in [0.1, 0.15) is 18.5 Å². The number of sulfone groups is 1. The van der Waals surface area contributed by atoms with Crippen LogP contribution in [-0.2, 0) is 14.6 Å². The van der Waals surface area contributed by atoms with Gasteiger partial charge in [-0.3, -0.25) is 4.79 Å². The van der Waals surface area contributed by atoms with Crippen molar-refractivity contribution in [2.24, 2.45) is 5.10 Å². The zero-order valence-electron chi connectivity index (χ0n) is 19.9. The molecule has 0 aliphatic carbocycles. The van der Waals surface area contributed by atoms with E-state index in [4.69, 9.17) is 0 Å². The van der Waals surface area contributed by atoms with Crippen LogP contribution in [0.4, 0.5) is 11.5 Å². The third-order valence-corrected chi connectivity index (χ3v) is 7.87. The Morgan fingerprint density at radius 2 is 1.58 bits per heavy atom. The molecule has 2 heterocycles. The van der Waals surface area contributed by atoms with Crippen LogP contribution in [0.25, 0.3) is 11.1 Å². The lowest BCUT2D eigenvalue weighted by atomic mass is 10.1. The number of hydrogen-bond donors (Lipinski definition) is 1. The van der Waals surface area contributed by atoms with Crippen LogP contribution in [0.15, 0.2) is 101 Å². The van der Waals surface area contributed by atoms with E-state index in [-0.39, 0.29) is 22.4 Å². The molecule has 0 radical (unpaired) electrons. The molecule has 8 nitrogen and oxygen atoms in total. The van der Waals surface area contributed by atoms with Gasteiger partial charge in [-0.25, -0.2) is 18.1 Å². The van der Waals surface area contributed by atoms with E-state index in [2.05, 4.69) is 15.5 Å². The highest BCUT2D eigenvalue weighted by Crippen LogP contribution is 2.37. The van der Waals surface area contributed by atoms with E-state index in [1.165, 1.54) is 5.01 Å². The van der Waals surface area contributed by atoms with Crippen molar-refractivity contribution in [1.29, 1.82) is 0 Å². The van der Waals surface area contributed by atoms with Crippen molar-refractivity contribution in [3.05, 3.63) is 96.7 Å². The average molecular weight is 500 g/mol. The Morgan fingerprint density at radius 1 is 0.944 bits per heavy atom. The van der Waals surface area contributed by atoms with Crippen molar-refractivity contribution in [2.45, 2.75) is 24.8 Å². The van der Waals surface area contributed by atoms with Crippen molar-refractivity contribution in [3.8, 4) is 11.1 Å². The van der Waals surface area contributed by atoms with Crippen molar-refractivity contribution in [3.63, 3.8) is 0 Å². The van der Waals surface area contributed by atoms with Gasteiger partial charge in [-0.2, -0.15) is 10.2 Å². The summed E-state index contributed by atoms with van der Waals surface area (Å²) in [4.78, 5) is 13.1. The van der Waals surface area contributed by atoms with E-state index >= 15 is 0 Å². The number of carbonyl (C=O) groups is 1. The van der Waals surface area contributed by atoms with Crippen LogP contribution < -0.4 is 10.3 Å². The van der Waals surface area contributed by atoms with Crippen molar-refractivity contribution in [2.75, 3.05) is 16.9 Å². The van der Waals surface area contributed by atoms with E-state index < -0.39 is 15.9 Å². The van der Waals surface area contributed by atoms with Gasteiger partial charge in [0.1, 0.15) is 12.6 Å². The summed E-state index contributed by atoms with van der Waals surface area (Å²) in [6.45, 7) is 3.45. The summed E-state index contributed by atoms with van der Waals surface area (Å²) in [5, 5.41) is 13.3. The standard InChI is InChI=1S/C27H25N5O3S/c1-19-13-15-23(16-14-19)36(34,35)26-20(2)32-27(24(17-28-32)21-9-5-3-6-10-21)31(30-26)18-25(33)29-22-11-7-4-8-12-22/h3-17,20H,18H2,1-2H3,(H,29,33). The number of aromatic nitrogens is 2. The van der Waals surface area contributed by atoms with Crippen LogP contribution in [-0.4, -0.2) is 35.7 Å². The van der Waals surface area contributed by atoms with Crippen LogP contribution in [0.5, 0.6) is 0 Å². The van der Waals surface area contributed by atoms with Crippen LogP contribution in [0.2, 0.25) is 0 Å². The van der Waals surface area contributed by atoms with E-state index in [1.807, 2.05) is 55.5 Å². The second kappa shape index (κ2) is 9.43. The van der Waals surface area contributed by atoms with Gasteiger partial charge in [0.25, 0.3) is 0 Å². The molecule has 9 heteroatoms. The van der Waals surface area contributed by atoms with E-state index in [0.717, 1.165) is 16.7 Å². The topological polar surface area (TPSA) is 96.7 Å². The van der Waals surface area contributed by atoms with E-state index in [9.17, 15) is 13.2 Å². The molecule has 3 aromatic carbocycles. The number of hydrogen-bond acceptors (Lipinski definition) is 6. The summed E-state index contributed by atoms with van der Waals surface area (Å²) >= 11 is 0. The highest BCUT2D eigenvalue weighted by molar-refractivity contribution is 8.06. The number of hydrazone groups is 1. The molecule has 1 aromatic heterocycles. The van der Waals surface area contributed by atoms with Gasteiger partial charge in [0.05, 0.1) is 11.1 Å². The minimum Gasteiger partial charge on any atom is -0.324 e. The first-order valence-corrected chi connectivity index (χ1v) is 13.0. The number of amides is 1. The number of benzene rings is 3. The third-order valence-electron chi connectivity index (χ3n) is 6.00. The predicted molar refractivity (Wildman–Crippen MR) is 141 cm³/mol. The monoisotopic (exact) mass is 499 g/mol. The maximum absolute atomic E-state index is 13.6. The second-order valence-electron chi connectivity index (χ2n) is 8.59. The molecular formula is C27H25N5O3S. The SMILES string of the molecule is Cc1ccc(S(=O)(=O)C2=NN(CC(=O)Nc3ccccc3)c3c(-c4ccccc4)cnn3C2C)cc1. The number of para-hydroxylation sites is 1. The lowest BCUT2D eigenvalue weighted by Gasteiger charge is -2.30. The lowest BCUT2D eigenvalue weighted by Crippen LogP contribution is -2.40. The molecule has 36 heavy (non-hydrogen) atoms. The number of aryl methyl sites for hydroxylation is 1. The third kappa shape index (κ3) is 4.40. The summed E-state index contributed by atoms with van der Waals surface area (Å²) < 4.78 is 28.9. The Bertz CT molecular complexity index is 1530. The number of carbonyl (C=O) groups excluding carboxylic acids is 1. The minimum absolute atomic E-state index is 0.0749. The zero-order chi connectivity index (χ0) is 25.3. The molecule has 4 aromatic rings. The molecule has 182 valence electrons. The van der Waals surface area contributed by atoms with Gasteiger partial charge < -0.3 is 5.32 Å². The first-order valence-electron chi connectivity index (χ1n) is 11.5. The Labute approximate surface area is 209 Å². The van der Waals surface area contributed by atoms with Gasteiger partial charge in [0.15, 0.2) is 10.9 Å². The molecule has 0 saturated heterocycles. The van der Waals surface area contributed by atoms with E-state index in [0.29, 0.717) is 11.5 Å². The molecule has 5 rings (SSSR count). The molecule has 1 amide bonds. The summed E-state index contributed by atoms with van der Waals surface area (Å²) in [7, 11) is -3.94. The van der Waals surface area contributed by atoms with Crippen molar-refractivity contribution in [1.82, 2.24) is 9.78 Å². The average Bonchev–Trinajstić information content (AvgIpc) is 3.33. The Hall–Kier alpha value is -4.24. The zero-order valence-corrected chi connectivity index (χ0v) is 20.7. The van der Waals surface area contributed by atoms with Gasteiger partial charge in [-0.1, -0.05) is 66.2 Å². The molecule has 1 unspecified atom stereocenters. The largest absolute Gasteiger partial charge is 0.324 e. The number of fused-ring (bicyclic) bond motifs is 1. The molecular weight excluding hydrogens is 474 g/mol. The maximum Gasteiger partial charge on any atom is 0.246 e. The number of anilines is 2. The lowest BCUT2D eigenvalue weighted by molar-refractivity contribution is -0.115. The number of nitrogens with zero attached hydrogens (tertiary/aromatic N) is 4. The van der Waals surface area contributed by atoms with Crippen LogP contribution in [0, 0.1) is 6.92 Å². The summed E-state index contributed by atoms with van der Waals surface area (Å²) in [6.07, 6.45) is 1.68. The van der Waals surface area contributed by atoms with Gasteiger partial charge >= 0.3 is 0 Å². The first-order chi connectivity index (χ1) is 17.3. The highest BCUT2D eigenvalue weighted by atomic mass is 32.2. The highest BCUT2D eigenvalue weighted by Gasteiger charge is 2.37. The molecule has 0 spiro atoms. The van der Waals surface area contributed by atoms with Crippen molar-refractivity contribution < 1.29 is 13.2 Å². The number of rotatable bonds is 5. The molecule has 0 bridgehead atoms. The number of nitrogens with one attached hydrogen (secondary N) is 1. The normalized spacial score (nSPS) is 15.2. The maximum atomic E-state index is 13.6. The fourth-order valence-electron chi connectivity index (χ4n) is 4.16. The quantitative estimate of drug-likeness (QED) is 0.431. The molecule has 1 atom stereocenters. The Balaban J connectivity index is 1.58. The molecule has 1 aliphatic heterocycles. The van der Waals surface area contributed by atoms with Gasteiger partial charge in [-0.15, -0.1) is 0 Å². The fourth-order valence-corrected chi connectivity index (χ4v) is 5.65. The predicted octanol–water partition coefficient (Wildman–Crippen LogP) is 4.67. The smallest absolute Gasteiger partial charge is 0.246 e. The summed E-state index contributed by atoms with van der Waals surface area (Å²) in [6, 6.07) is 24.7. The minimum atomic E-state index is -3.94. The van der Waals surface area contributed by atoms with E-state index in [1.54, 1.807) is 54.2 Å². The van der Waals surface area contributed by atoms with Crippen LogP contribution >= 0.6 is 0 Å². The Morgan fingerprint density at radius 3 is 2.25 bits per heavy atom. The summed E-state index contributed by atoms with van der Waals surface area (Å²) in [5.74, 6) is 0.220.